The lowest BCUT2D eigenvalue weighted by molar-refractivity contribution is 0.0695. The van der Waals surface area contributed by atoms with Gasteiger partial charge in [-0.05, 0) is 44.8 Å². The highest BCUT2D eigenvalue weighted by molar-refractivity contribution is 6.18. The smallest absolute Gasteiger partial charge is 0.341 e. The minimum Gasteiger partial charge on any atom is -0.477 e. The number of carbonyl (C=O) groups is 1. The number of aromatic amines is 1. The molecule has 0 bridgehead atoms. The molecule has 1 aliphatic heterocycles. The van der Waals surface area contributed by atoms with Crippen molar-refractivity contribution < 1.29 is 18.7 Å². The maximum Gasteiger partial charge on any atom is 0.341 e. The third-order valence-electron chi connectivity index (χ3n) is 9.39. The predicted octanol–water partition coefficient (Wildman–Crippen LogP) is 4.42. The van der Waals surface area contributed by atoms with Crippen molar-refractivity contribution in [2.24, 2.45) is 18.9 Å². The number of nitrogens with one attached hydrogen (secondary N) is 2. The van der Waals surface area contributed by atoms with E-state index in [-0.39, 0.29) is 16.3 Å². The second-order valence-electron chi connectivity index (χ2n) is 11.9. The van der Waals surface area contributed by atoms with Crippen LogP contribution in [-0.2, 0) is 7.05 Å². The van der Waals surface area contributed by atoms with Gasteiger partial charge < -0.3 is 29.8 Å². The van der Waals surface area contributed by atoms with Crippen LogP contribution in [-0.4, -0.2) is 75.8 Å². The molecule has 43 heavy (non-hydrogen) atoms. The Morgan fingerprint density at radius 1 is 1.14 bits per heavy atom. The minimum atomic E-state index is -1.33. The summed E-state index contributed by atoms with van der Waals surface area (Å²) >= 11 is 0. The monoisotopic (exact) mass is 587 g/mol. The summed E-state index contributed by atoms with van der Waals surface area (Å²) in [7, 11) is 7.46. The molecule has 4 aromatic heterocycles. The number of anilines is 2. The number of benzene rings is 1. The number of halogens is 2. The maximum atomic E-state index is 15.7. The topological polar surface area (TPSA) is 119 Å². The molecule has 1 saturated heterocycles. The maximum absolute atomic E-state index is 15.7. The first kappa shape index (κ1) is 27.3. The van der Waals surface area contributed by atoms with E-state index in [0.29, 0.717) is 69.1 Å². The summed E-state index contributed by atoms with van der Waals surface area (Å²) in [5.74, 6) is -2.44. The molecule has 0 spiro atoms. The van der Waals surface area contributed by atoms with Crippen molar-refractivity contribution in [1.29, 1.82) is 0 Å². The van der Waals surface area contributed by atoms with E-state index >= 15 is 4.39 Å². The number of aromatic nitrogens is 4. The second kappa shape index (κ2) is 9.73. The lowest BCUT2D eigenvalue weighted by Gasteiger charge is -2.28. The number of aromatic carboxylic acids is 1. The molecule has 2 fully saturated rings. The van der Waals surface area contributed by atoms with E-state index in [1.165, 1.54) is 10.8 Å². The molecule has 0 amide bonds. The van der Waals surface area contributed by atoms with E-state index in [9.17, 15) is 19.1 Å². The average molecular weight is 588 g/mol. The van der Waals surface area contributed by atoms with Gasteiger partial charge in [0.1, 0.15) is 16.9 Å². The first-order valence-electron chi connectivity index (χ1n) is 14.2. The molecule has 10 nitrogen and oxygen atoms in total. The van der Waals surface area contributed by atoms with Gasteiger partial charge in [-0.2, -0.15) is 0 Å². The molecule has 5 heterocycles. The van der Waals surface area contributed by atoms with E-state index in [2.05, 4.69) is 44.2 Å². The van der Waals surface area contributed by atoms with Crippen molar-refractivity contribution >= 4 is 50.3 Å². The fourth-order valence-corrected chi connectivity index (χ4v) is 7.40. The van der Waals surface area contributed by atoms with Crippen LogP contribution < -0.4 is 15.6 Å². The molecule has 1 saturated carbocycles. The summed E-state index contributed by atoms with van der Waals surface area (Å²) in [6, 6.07) is 3.15. The number of aryl methyl sites for hydroxylation is 1. The van der Waals surface area contributed by atoms with Gasteiger partial charge in [0.25, 0.3) is 0 Å². The Labute approximate surface area is 244 Å². The van der Waals surface area contributed by atoms with E-state index in [4.69, 9.17) is 0 Å². The summed E-state index contributed by atoms with van der Waals surface area (Å²) in [6.07, 6.45) is 6.70. The molecule has 0 unspecified atom stereocenters. The number of rotatable bonds is 5. The van der Waals surface area contributed by atoms with Gasteiger partial charge in [0, 0.05) is 69.0 Å². The number of hydrogen-bond donors (Lipinski definition) is 3. The molecule has 5 aromatic rings. The summed E-state index contributed by atoms with van der Waals surface area (Å²) in [5.41, 5.74) is 2.35. The predicted molar refractivity (Wildman–Crippen MR) is 162 cm³/mol. The van der Waals surface area contributed by atoms with Gasteiger partial charge in [-0.15, -0.1) is 0 Å². The number of carboxylic acids is 1. The Kier molecular flexibility index (Phi) is 6.17. The average Bonchev–Trinajstić information content (AvgIpc) is 3.68. The van der Waals surface area contributed by atoms with Crippen LogP contribution in [0.25, 0.3) is 44.1 Å². The number of fused-ring (bicyclic) bond motifs is 5. The van der Waals surface area contributed by atoms with Gasteiger partial charge in [-0.3, -0.25) is 4.79 Å². The van der Waals surface area contributed by atoms with Crippen LogP contribution in [0.5, 0.6) is 0 Å². The Morgan fingerprint density at radius 3 is 2.65 bits per heavy atom. The van der Waals surface area contributed by atoms with Crippen molar-refractivity contribution in [2.45, 2.75) is 18.9 Å². The molecule has 222 valence electrons. The summed E-state index contributed by atoms with van der Waals surface area (Å²) < 4.78 is 32.2. The fourth-order valence-electron chi connectivity index (χ4n) is 7.40. The Hall–Kier alpha value is -4.58. The van der Waals surface area contributed by atoms with Gasteiger partial charge in [0.2, 0.25) is 5.43 Å². The molecule has 1 aliphatic carbocycles. The van der Waals surface area contributed by atoms with Crippen molar-refractivity contribution in [1.82, 2.24) is 24.4 Å². The second-order valence-corrected chi connectivity index (χ2v) is 11.9. The molecule has 12 heteroatoms. The number of hydrogen-bond acceptors (Lipinski definition) is 7. The lowest BCUT2D eigenvalue weighted by atomic mass is 9.97. The van der Waals surface area contributed by atoms with Crippen LogP contribution in [0.2, 0.25) is 0 Å². The SMILES string of the molecule is CNc1cc(F)c(F)c2c1[nH]c1ncc(-c3cnc4c(c3)c(=O)c(C(=O)O)cn4C)c(N3C[C@H]4CC[C@@H](N(C)C)[C@H]4C3)c12. The van der Waals surface area contributed by atoms with Crippen LogP contribution in [0.3, 0.4) is 0 Å². The van der Waals surface area contributed by atoms with Crippen LogP contribution >= 0.6 is 0 Å². The zero-order chi connectivity index (χ0) is 30.3. The summed E-state index contributed by atoms with van der Waals surface area (Å²) in [4.78, 5) is 41.9. The lowest BCUT2D eigenvalue weighted by Crippen LogP contribution is -2.35. The quantitative estimate of drug-likeness (QED) is 0.277. The van der Waals surface area contributed by atoms with Crippen LogP contribution in [0.1, 0.15) is 23.2 Å². The largest absolute Gasteiger partial charge is 0.477 e. The van der Waals surface area contributed by atoms with E-state index in [1.807, 2.05) is 0 Å². The van der Waals surface area contributed by atoms with E-state index in [0.717, 1.165) is 25.5 Å². The first-order valence-corrected chi connectivity index (χ1v) is 14.2. The number of pyridine rings is 3. The zero-order valence-corrected chi connectivity index (χ0v) is 24.2. The van der Waals surface area contributed by atoms with Crippen LogP contribution in [0.15, 0.2) is 35.5 Å². The van der Waals surface area contributed by atoms with E-state index < -0.39 is 23.0 Å². The van der Waals surface area contributed by atoms with E-state index in [1.54, 1.807) is 32.6 Å². The Bertz CT molecular complexity index is 2040. The molecule has 1 aromatic carbocycles. The van der Waals surface area contributed by atoms with Gasteiger partial charge >= 0.3 is 5.97 Å². The molecule has 0 radical (unpaired) electrons. The minimum absolute atomic E-state index is 0.0998. The normalized spacial score (nSPS) is 20.2. The van der Waals surface area contributed by atoms with Gasteiger partial charge in [-0.1, -0.05) is 0 Å². The van der Waals surface area contributed by atoms with Gasteiger partial charge in [0.15, 0.2) is 11.6 Å². The summed E-state index contributed by atoms with van der Waals surface area (Å²) in [5, 5.41) is 13.3. The highest BCUT2D eigenvalue weighted by Crippen LogP contribution is 2.48. The first-order chi connectivity index (χ1) is 20.6. The molecule has 7 rings (SSSR count). The number of H-pyrrole nitrogens is 1. The molecular weight excluding hydrogens is 556 g/mol. The number of nitrogens with zero attached hydrogens (tertiary/aromatic N) is 5. The highest BCUT2D eigenvalue weighted by atomic mass is 19.2. The Morgan fingerprint density at radius 2 is 1.93 bits per heavy atom. The van der Waals surface area contributed by atoms with Gasteiger partial charge in [-0.25, -0.2) is 23.5 Å². The van der Waals surface area contributed by atoms with Crippen molar-refractivity contribution in [3.63, 3.8) is 0 Å². The summed E-state index contributed by atoms with van der Waals surface area (Å²) in [6.45, 7) is 1.45. The van der Waals surface area contributed by atoms with Crippen LogP contribution in [0.4, 0.5) is 20.2 Å². The molecule has 2 aliphatic rings. The molecule has 3 atom stereocenters. The van der Waals surface area contributed by atoms with Crippen molar-refractivity contribution in [3.8, 4) is 11.1 Å². The van der Waals surface area contributed by atoms with Gasteiger partial charge in [0.05, 0.1) is 33.1 Å². The third-order valence-corrected chi connectivity index (χ3v) is 9.39. The molecular formula is C31H31F2N7O3. The number of carboxylic acid groups (broad SMARTS) is 1. The third kappa shape index (κ3) is 3.99. The van der Waals surface area contributed by atoms with Crippen molar-refractivity contribution in [2.75, 3.05) is 44.4 Å². The standard InChI is InChI=1S/C31H31F2N7O3/c1-34-21-8-20(32)25(33)23-24-27(40-11-14-5-6-22(38(2)3)18(14)13-40)17(10-35-29(24)37-26(21)23)15-7-16-28(41)19(31(42)43)12-39(4)30(16)36-9-15/h7-10,12,14,18,22,34H,5-6,11,13H2,1-4H3,(H,35,37)(H,42,43)/t14-,18+,22-/m1/s1. The highest BCUT2D eigenvalue weighted by Gasteiger charge is 2.44. The zero-order valence-electron chi connectivity index (χ0n) is 24.2. The fraction of sp³-hybridized carbons (Fsp3) is 0.355. The van der Waals surface area contributed by atoms with Crippen LogP contribution in [0, 0.1) is 23.5 Å². The Balaban J connectivity index is 1.53. The molecule has 3 N–H and O–H groups in total. The van der Waals surface area contributed by atoms with Crippen molar-refractivity contribution in [3.05, 3.63) is 58.1 Å².